The lowest BCUT2D eigenvalue weighted by atomic mass is 10.1. The van der Waals surface area contributed by atoms with Gasteiger partial charge in [0, 0.05) is 24.8 Å². The minimum absolute atomic E-state index is 0.275. The Morgan fingerprint density at radius 2 is 1.67 bits per heavy atom. The van der Waals surface area contributed by atoms with E-state index in [1.54, 1.807) is 0 Å². The van der Waals surface area contributed by atoms with Crippen molar-refractivity contribution in [1.29, 1.82) is 0 Å². The van der Waals surface area contributed by atoms with Crippen LogP contribution in [0.4, 0.5) is 14.5 Å². The van der Waals surface area contributed by atoms with Gasteiger partial charge in [0.25, 0.3) is 0 Å². The maximum absolute atomic E-state index is 13.2. The minimum atomic E-state index is -0.882. The molecule has 1 unspecified atom stereocenters. The van der Waals surface area contributed by atoms with Crippen LogP contribution in [0.3, 0.4) is 0 Å². The molecule has 2 aromatic rings. The highest BCUT2D eigenvalue weighted by Crippen LogP contribution is 2.21. The molecule has 2 aromatic carbocycles. The van der Waals surface area contributed by atoms with E-state index in [9.17, 15) is 13.9 Å². The average Bonchev–Trinajstić information content (AvgIpc) is 2.47. The molecule has 0 aliphatic heterocycles. The Hall–Kier alpha value is -1.94. The van der Waals surface area contributed by atoms with Gasteiger partial charge in [0.2, 0.25) is 0 Å². The Kier molecular flexibility index (Phi) is 5.28. The van der Waals surface area contributed by atoms with Gasteiger partial charge in [0.05, 0.1) is 6.10 Å². The van der Waals surface area contributed by atoms with Gasteiger partial charge in [-0.1, -0.05) is 18.2 Å². The topological polar surface area (TPSA) is 23.5 Å². The average molecular weight is 291 g/mol. The third kappa shape index (κ3) is 4.26. The van der Waals surface area contributed by atoms with Crippen molar-refractivity contribution in [2.75, 3.05) is 18.0 Å². The number of nitrogens with zero attached hydrogens (tertiary/aromatic N) is 1. The molecule has 0 saturated heterocycles. The summed E-state index contributed by atoms with van der Waals surface area (Å²) in [5, 5.41) is 10.1. The molecular formula is C17H19F2NO. The smallest absolute Gasteiger partial charge is 0.126 e. The van der Waals surface area contributed by atoms with Gasteiger partial charge in [0.15, 0.2) is 0 Å². The first-order valence-electron chi connectivity index (χ1n) is 7.04. The molecule has 0 fully saturated rings. The first-order chi connectivity index (χ1) is 10.1. The summed E-state index contributed by atoms with van der Waals surface area (Å²) in [7, 11) is 0. The SMILES string of the molecule is CCN(CCC(O)c1cc(F)cc(F)c1)c1ccccc1. The van der Waals surface area contributed by atoms with Crippen LogP contribution in [-0.2, 0) is 0 Å². The third-order valence-electron chi connectivity index (χ3n) is 3.45. The van der Waals surface area contributed by atoms with Crippen molar-refractivity contribution in [2.45, 2.75) is 19.4 Å². The fraction of sp³-hybridized carbons (Fsp3) is 0.294. The molecule has 1 atom stereocenters. The van der Waals surface area contributed by atoms with Crippen LogP contribution in [0.2, 0.25) is 0 Å². The molecule has 112 valence electrons. The molecule has 0 heterocycles. The lowest BCUT2D eigenvalue weighted by Crippen LogP contribution is -2.25. The van der Waals surface area contributed by atoms with E-state index in [-0.39, 0.29) is 5.56 Å². The molecule has 0 aliphatic carbocycles. The number of hydrogen-bond donors (Lipinski definition) is 1. The molecule has 0 aromatic heterocycles. The van der Waals surface area contributed by atoms with Crippen LogP contribution in [0.5, 0.6) is 0 Å². The van der Waals surface area contributed by atoms with Crippen LogP contribution in [0.1, 0.15) is 25.0 Å². The lowest BCUT2D eigenvalue weighted by molar-refractivity contribution is 0.168. The summed E-state index contributed by atoms with van der Waals surface area (Å²) in [5.41, 5.74) is 1.34. The van der Waals surface area contributed by atoms with Gasteiger partial charge in [0.1, 0.15) is 11.6 Å². The summed E-state index contributed by atoms with van der Waals surface area (Å²) in [6, 6.07) is 13.0. The zero-order valence-electron chi connectivity index (χ0n) is 12.0. The first kappa shape index (κ1) is 15.4. The molecule has 2 nitrogen and oxygen atoms in total. The van der Waals surface area contributed by atoms with Crippen molar-refractivity contribution in [2.24, 2.45) is 0 Å². The van der Waals surface area contributed by atoms with Gasteiger partial charge in [-0.25, -0.2) is 8.78 Å². The first-order valence-corrected chi connectivity index (χ1v) is 7.04. The van der Waals surface area contributed by atoms with Gasteiger partial charge in [-0.15, -0.1) is 0 Å². The van der Waals surface area contributed by atoms with Gasteiger partial charge in [-0.2, -0.15) is 0 Å². The molecule has 0 spiro atoms. The zero-order chi connectivity index (χ0) is 15.2. The second kappa shape index (κ2) is 7.18. The Balaban J connectivity index is 2.01. The van der Waals surface area contributed by atoms with E-state index >= 15 is 0 Å². The van der Waals surface area contributed by atoms with Crippen molar-refractivity contribution in [3.63, 3.8) is 0 Å². The molecule has 0 bridgehead atoms. The highest BCUT2D eigenvalue weighted by molar-refractivity contribution is 5.45. The van der Waals surface area contributed by atoms with E-state index < -0.39 is 17.7 Å². The Morgan fingerprint density at radius 1 is 1.05 bits per heavy atom. The molecule has 0 aliphatic rings. The normalized spacial score (nSPS) is 12.2. The molecular weight excluding hydrogens is 272 g/mol. The molecule has 1 N–H and O–H groups in total. The van der Waals surface area contributed by atoms with E-state index in [1.807, 2.05) is 37.3 Å². The van der Waals surface area contributed by atoms with Crippen molar-refractivity contribution in [1.82, 2.24) is 0 Å². The van der Waals surface area contributed by atoms with Gasteiger partial charge in [-0.05, 0) is 43.2 Å². The van der Waals surface area contributed by atoms with E-state index in [0.29, 0.717) is 13.0 Å². The van der Waals surface area contributed by atoms with Crippen LogP contribution in [0, 0.1) is 11.6 Å². The largest absolute Gasteiger partial charge is 0.388 e. The number of anilines is 1. The molecule has 21 heavy (non-hydrogen) atoms. The number of aliphatic hydroxyl groups is 1. The van der Waals surface area contributed by atoms with Crippen LogP contribution in [-0.4, -0.2) is 18.2 Å². The molecule has 0 amide bonds. The van der Waals surface area contributed by atoms with Gasteiger partial charge < -0.3 is 10.0 Å². The van der Waals surface area contributed by atoms with Crippen molar-refractivity contribution >= 4 is 5.69 Å². The van der Waals surface area contributed by atoms with Crippen LogP contribution < -0.4 is 4.90 Å². The Labute approximate surface area is 123 Å². The number of rotatable bonds is 6. The summed E-state index contributed by atoms with van der Waals surface area (Å²) in [4.78, 5) is 2.11. The van der Waals surface area contributed by atoms with Crippen LogP contribution in [0.15, 0.2) is 48.5 Å². The van der Waals surface area contributed by atoms with Crippen molar-refractivity contribution in [3.8, 4) is 0 Å². The Bertz CT molecular complexity index is 554. The standard InChI is InChI=1S/C17H19F2NO/c1-2-20(16-6-4-3-5-7-16)9-8-17(21)13-10-14(18)12-15(19)11-13/h3-7,10-12,17,21H,2,8-9H2,1H3. The minimum Gasteiger partial charge on any atom is -0.388 e. The number of benzene rings is 2. The summed E-state index contributed by atoms with van der Waals surface area (Å²) in [5.74, 6) is -1.33. The summed E-state index contributed by atoms with van der Waals surface area (Å²) < 4.78 is 26.3. The predicted molar refractivity (Wildman–Crippen MR) is 80.3 cm³/mol. The van der Waals surface area contributed by atoms with Crippen LogP contribution in [0.25, 0.3) is 0 Å². The van der Waals surface area contributed by atoms with E-state index in [4.69, 9.17) is 0 Å². The van der Waals surface area contributed by atoms with Gasteiger partial charge >= 0.3 is 0 Å². The summed E-state index contributed by atoms with van der Waals surface area (Å²) in [6.45, 7) is 3.44. The maximum Gasteiger partial charge on any atom is 0.126 e. The lowest BCUT2D eigenvalue weighted by Gasteiger charge is -2.24. The van der Waals surface area contributed by atoms with Crippen molar-refractivity contribution < 1.29 is 13.9 Å². The fourth-order valence-corrected chi connectivity index (χ4v) is 2.32. The van der Waals surface area contributed by atoms with Crippen molar-refractivity contribution in [3.05, 3.63) is 65.7 Å². The molecule has 2 rings (SSSR count). The zero-order valence-corrected chi connectivity index (χ0v) is 12.0. The highest BCUT2D eigenvalue weighted by atomic mass is 19.1. The summed E-state index contributed by atoms with van der Waals surface area (Å²) >= 11 is 0. The monoisotopic (exact) mass is 291 g/mol. The molecule has 4 heteroatoms. The number of halogens is 2. The second-order valence-electron chi connectivity index (χ2n) is 4.92. The maximum atomic E-state index is 13.2. The predicted octanol–water partition coefficient (Wildman–Crippen LogP) is 3.91. The second-order valence-corrected chi connectivity index (χ2v) is 4.92. The third-order valence-corrected chi connectivity index (χ3v) is 3.45. The number of para-hydroxylation sites is 1. The molecule has 0 saturated carbocycles. The highest BCUT2D eigenvalue weighted by Gasteiger charge is 2.12. The number of hydrogen-bond acceptors (Lipinski definition) is 2. The van der Waals surface area contributed by atoms with E-state index in [0.717, 1.165) is 18.3 Å². The Morgan fingerprint density at radius 3 is 2.24 bits per heavy atom. The quantitative estimate of drug-likeness (QED) is 0.872. The molecule has 0 radical (unpaired) electrons. The fourth-order valence-electron chi connectivity index (χ4n) is 2.32. The summed E-state index contributed by atoms with van der Waals surface area (Å²) in [6.07, 6.45) is -0.473. The number of aliphatic hydroxyl groups excluding tert-OH is 1. The van der Waals surface area contributed by atoms with E-state index in [2.05, 4.69) is 4.90 Å². The van der Waals surface area contributed by atoms with Crippen LogP contribution >= 0.6 is 0 Å². The van der Waals surface area contributed by atoms with E-state index in [1.165, 1.54) is 12.1 Å². The van der Waals surface area contributed by atoms with Gasteiger partial charge in [-0.3, -0.25) is 0 Å².